The molecule has 0 aliphatic heterocycles. The fraction of sp³-hybridized carbons (Fsp3) is 0.261. The van der Waals surface area contributed by atoms with Crippen molar-refractivity contribution in [2.24, 2.45) is 0 Å². The first kappa shape index (κ1) is 20.3. The molecule has 0 spiro atoms. The van der Waals surface area contributed by atoms with E-state index in [-0.39, 0.29) is 24.3 Å². The minimum Gasteiger partial charge on any atom is -0.484 e. The third kappa shape index (κ3) is 5.10. The summed E-state index contributed by atoms with van der Waals surface area (Å²) in [6, 6.07) is 16.4. The van der Waals surface area contributed by atoms with Crippen LogP contribution in [-0.2, 0) is 4.79 Å². The number of para-hydroxylation sites is 1. The van der Waals surface area contributed by atoms with Crippen LogP contribution in [0.1, 0.15) is 42.7 Å². The van der Waals surface area contributed by atoms with Crippen LogP contribution in [-0.4, -0.2) is 29.9 Å². The van der Waals surface area contributed by atoms with Gasteiger partial charge < -0.3 is 15.4 Å². The monoisotopic (exact) mass is 391 g/mol. The molecule has 0 aliphatic rings. The van der Waals surface area contributed by atoms with Crippen molar-refractivity contribution < 1.29 is 14.3 Å². The Morgan fingerprint density at radius 2 is 1.79 bits per heavy atom. The predicted molar refractivity (Wildman–Crippen MR) is 114 cm³/mol. The van der Waals surface area contributed by atoms with Crippen molar-refractivity contribution >= 4 is 28.4 Å². The van der Waals surface area contributed by atoms with Crippen LogP contribution in [0.25, 0.3) is 10.9 Å². The van der Waals surface area contributed by atoms with Crippen molar-refractivity contribution in [2.75, 3.05) is 18.5 Å². The molecule has 150 valence electrons. The number of likely N-dealkylation sites (N-methyl/N-ethyl adjacent to an activating group) is 1. The largest absolute Gasteiger partial charge is 0.484 e. The highest BCUT2D eigenvalue weighted by molar-refractivity contribution is 6.12. The summed E-state index contributed by atoms with van der Waals surface area (Å²) in [5.41, 5.74) is 2.92. The topological polar surface area (TPSA) is 80.3 Å². The highest BCUT2D eigenvalue weighted by atomic mass is 16.5. The fourth-order valence-corrected chi connectivity index (χ4v) is 2.91. The smallest absolute Gasteiger partial charge is 0.257 e. The molecule has 0 radical (unpaired) electrons. The lowest BCUT2D eigenvalue weighted by Crippen LogP contribution is -2.28. The zero-order chi connectivity index (χ0) is 20.8. The van der Waals surface area contributed by atoms with Crippen molar-refractivity contribution in [3.8, 4) is 5.75 Å². The van der Waals surface area contributed by atoms with E-state index >= 15 is 0 Å². The number of carbonyl (C=O) groups is 2. The van der Waals surface area contributed by atoms with E-state index in [0.717, 1.165) is 16.6 Å². The molecule has 3 aromatic rings. The second-order valence-corrected chi connectivity index (χ2v) is 6.99. The molecule has 0 saturated carbocycles. The van der Waals surface area contributed by atoms with Gasteiger partial charge in [-0.1, -0.05) is 32.0 Å². The average Bonchev–Trinajstić information content (AvgIpc) is 2.72. The van der Waals surface area contributed by atoms with Gasteiger partial charge >= 0.3 is 0 Å². The summed E-state index contributed by atoms with van der Waals surface area (Å²) in [7, 11) is 0. The SMILES string of the molecule is CCNC(=O)COc1ccc(NC(=O)c2cc(C(C)C)nc3ccccc23)cc1. The molecule has 0 atom stereocenters. The van der Waals surface area contributed by atoms with Gasteiger partial charge in [-0.2, -0.15) is 0 Å². The summed E-state index contributed by atoms with van der Waals surface area (Å²) in [6.45, 7) is 6.48. The van der Waals surface area contributed by atoms with E-state index in [0.29, 0.717) is 23.5 Å². The molecule has 1 heterocycles. The van der Waals surface area contributed by atoms with Crippen LogP contribution in [0.3, 0.4) is 0 Å². The van der Waals surface area contributed by atoms with E-state index in [1.165, 1.54) is 0 Å². The van der Waals surface area contributed by atoms with Gasteiger partial charge in [-0.15, -0.1) is 0 Å². The predicted octanol–water partition coefficient (Wildman–Crippen LogP) is 4.13. The van der Waals surface area contributed by atoms with Gasteiger partial charge in [-0.3, -0.25) is 14.6 Å². The summed E-state index contributed by atoms with van der Waals surface area (Å²) >= 11 is 0. The molecular weight excluding hydrogens is 366 g/mol. The first-order valence-corrected chi connectivity index (χ1v) is 9.68. The quantitative estimate of drug-likeness (QED) is 0.635. The zero-order valence-electron chi connectivity index (χ0n) is 16.9. The second-order valence-electron chi connectivity index (χ2n) is 6.99. The fourth-order valence-electron chi connectivity index (χ4n) is 2.91. The van der Waals surface area contributed by atoms with Crippen LogP contribution in [0.4, 0.5) is 5.69 Å². The summed E-state index contributed by atoms with van der Waals surface area (Å²) in [6.07, 6.45) is 0. The molecule has 6 heteroatoms. The lowest BCUT2D eigenvalue weighted by molar-refractivity contribution is -0.122. The minimum absolute atomic E-state index is 0.0411. The van der Waals surface area contributed by atoms with Crippen LogP contribution >= 0.6 is 0 Å². The van der Waals surface area contributed by atoms with Crippen molar-refractivity contribution in [3.05, 3.63) is 65.9 Å². The molecule has 0 saturated heterocycles. The van der Waals surface area contributed by atoms with Crippen LogP contribution in [0.15, 0.2) is 54.6 Å². The Labute approximate surface area is 170 Å². The molecule has 2 N–H and O–H groups in total. The van der Waals surface area contributed by atoms with Gasteiger partial charge in [0.25, 0.3) is 11.8 Å². The number of benzene rings is 2. The summed E-state index contributed by atoms with van der Waals surface area (Å²) < 4.78 is 5.43. The second kappa shape index (κ2) is 9.19. The van der Waals surface area contributed by atoms with Crippen LogP contribution in [0.5, 0.6) is 5.75 Å². The number of aromatic nitrogens is 1. The molecule has 0 bridgehead atoms. The van der Waals surface area contributed by atoms with Crippen molar-refractivity contribution in [1.29, 1.82) is 0 Å². The minimum atomic E-state index is -0.193. The summed E-state index contributed by atoms with van der Waals surface area (Å²) in [5, 5.41) is 6.42. The van der Waals surface area contributed by atoms with Gasteiger partial charge in [0.1, 0.15) is 5.75 Å². The molecular formula is C23H25N3O3. The van der Waals surface area contributed by atoms with Crippen LogP contribution in [0, 0.1) is 0 Å². The Hall–Kier alpha value is -3.41. The highest BCUT2D eigenvalue weighted by Gasteiger charge is 2.14. The Balaban J connectivity index is 1.76. The van der Waals surface area contributed by atoms with Crippen molar-refractivity contribution in [3.63, 3.8) is 0 Å². The molecule has 0 unspecified atom stereocenters. The van der Waals surface area contributed by atoms with E-state index < -0.39 is 0 Å². The number of nitrogens with one attached hydrogen (secondary N) is 2. The number of ether oxygens (including phenoxy) is 1. The number of rotatable bonds is 7. The number of anilines is 1. The normalized spacial score (nSPS) is 10.8. The molecule has 2 aromatic carbocycles. The van der Waals surface area contributed by atoms with Crippen molar-refractivity contribution in [2.45, 2.75) is 26.7 Å². The highest BCUT2D eigenvalue weighted by Crippen LogP contribution is 2.24. The van der Waals surface area contributed by atoms with E-state index in [2.05, 4.69) is 29.5 Å². The maximum absolute atomic E-state index is 13.0. The van der Waals surface area contributed by atoms with Gasteiger partial charge in [0.2, 0.25) is 0 Å². The maximum Gasteiger partial charge on any atom is 0.257 e. The van der Waals surface area contributed by atoms with Gasteiger partial charge in [0, 0.05) is 23.3 Å². The Morgan fingerprint density at radius 3 is 2.48 bits per heavy atom. The first-order valence-electron chi connectivity index (χ1n) is 9.68. The maximum atomic E-state index is 13.0. The van der Waals surface area contributed by atoms with E-state index in [4.69, 9.17) is 4.74 Å². The molecule has 3 rings (SSSR count). The molecule has 0 fully saturated rings. The number of hydrogen-bond acceptors (Lipinski definition) is 4. The number of pyridine rings is 1. The zero-order valence-corrected chi connectivity index (χ0v) is 16.9. The lowest BCUT2D eigenvalue weighted by atomic mass is 10.0. The van der Waals surface area contributed by atoms with Gasteiger partial charge in [0.05, 0.1) is 11.1 Å². The Morgan fingerprint density at radius 1 is 1.07 bits per heavy atom. The molecule has 0 aliphatic carbocycles. The standard InChI is InChI=1S/C23H25N3O3/c1-4-24-22(27)14-29-17-11-9-16(10-12-17)25-23(28)19-13-21(15(2)3)26-20-8-6-5-7-18(19)20/h5-13,15H,4,14H2,1-3H3,(H,24,27)(H,25,28). The van der Waals surface area contributed by atoms with Gasteiger partial charge in [-0.05, 0) is 49.2 Å². The number of amides is 2. The van der Waals surface area contributed by atoms with Crippen LogP contribution in [0.2, 0.25) is 0 Å². The van der Waals surface area contributed by atoms with Gasteiger partial charge in [0.15, 0.2) is 6.61 Å². The molecule has 1 aromatic heterocycles. The lowest BCUT2D eigenvalue weighted by Gasteiger charge is -2.12. The van der Waals surface area contributed by atoms with Crippen molar-refractivity contribution in [1.82, 2.24) is 10.3 Å². The third-order valence-electron chi connectivity index (χ3n) is 4.43. The summed E-state index contributed by atoms with van der Waals surface area (Å²) in [5.74, 6) is 0.412. The molecule has 2 amide bonds. The Bertz CT molecular complexity index is 1010. The molecule has 29 heavy (non-hydrogen) atoms. The van der Waals surface area contributed by atoms with Gasteiger partial charge in [-0.25, -0.2) is 0 Å². The molecule has 6 nitrogen and oxygen atoms in total. The average molecular weight is 391 g/mol. The number of carbonyl (C=O) groups excluding carboxylic acids is 2. The van der Waals surface area contributed by atoms with E-state index in [1.807, 2.05) is 37.3 Å². The summed E-state index contributed by atoms with van der Waals surface area (Å²) in [4.78, 5) is 29.1. The van der Waals surface area contributed by atoms with E-state index in [1.54, 1.807) is 24.3 Å². The number of fused-ring (bicyclic) bond motifs is 1. The van der Waals surface area contributed by atoms with Crippen LogP contribution < -0.4 is 15.4 Å². The number of hydrogen-bond donors (Lipinski definition) is 2. The van der Waals surface area contributed by atoms with E-state index in [9.17, 15) is 9.59 Å². The first-order chi connectivity index (χ1) is 14.0. The Kier molecular flexibility index (Phi) is 6.44. The third-order valence-corrected chi connectivity index (χ3v) is 4.43. The number of nitrogens with zero attached hydrogens (tertiary/aromatic N) is 1.